The molecule has 113 heavy (non-hydrogen) atoms. The number of rotatable bonds is 24. The summed E-state index contributed by atoms with van der Waals surface area (Å²) in [7, 11) is -13.0. The number of sulfone groups is 4. The summed E-state index contributed by atoms with van der Waals surface area (Å²) in [5.41, 5.74) is 5.44. The molecular weight excluding hydrogens is 1800 g/mol. The number of aromatic nitrogens is 12. The largest absolute Gasteiger partial charge is 0.394 e. The number of piperidine rings is 1. The van der Waals surface area contributed by atoms with Gasteiger partial charge in [-0.25, -0.2) is 53.6 Å². The van der Waals surface area contributed by atoms with Gasteiger partial charge in [-0.15, -0.1) is 0 Å². The minimum atomic E-state index is -3.25. The van der Waals surface area contributed by atoms with Crippen molar-refractivity contribution >= 4 is 195 Å². The van der Waals surface area contributed by atoms with E-state index in [9.17, 15) is 54.1 Å². The van der Waals surface area contributed by atoms with Gasteiger partial charge in [0, 0.05) is 85.1 Å². The lowest BCUT2D eigenvalue weighted by Gasteiger charge is -2.35. The molecular formula is C73H86Br4N20O12S4. The molecule has 4 atom stereocenters. The Bertz CT molecular complexity index is 5650. The summed E-state index contributed by atoms with van der Waals surface area (Å²) >= 11 is 13.9. The first-order valence-corrected chi connectivity index (χ1v) is 46.3. The van der Waals surface area contributed by atoms with Crippen LogP contribution in [0.1, 0.15) is 59.8 Å². The van der Waals surface area contributed by atoms with Crippen LogP contribution in [0, 0.1) is 11.8 Å². The second-order valence-electron chi connectivity index (χ2n) is 27.7. The zero-order valence-electron chi connectivity index (χ0n) is 62.6. The Morgan fingerprint density at radius 1 is 0.389 bits per heavy atom. The van der Waals surface area contributed by atoms with Gasteiger partial charge in [0.05, 0.1) is 113 Å². The summed E-state index contributed by atoms with van der Waals surface area (Å²) < 4.78 is 103. The van der Waals surface area contributed by atoms with Gasteiger partial charge in [-0.2, -0.15) is 38.5 Å². The second kappa shape index (κ2) is 36.4. The molecule has 8 aromatic heterocycles. The van der Waals surface area contributed by atoms with Crippen molar-refractivity contribution in [3.63, 3.8) is 0 Å². The lowest BCUT2D eigenvalue weighted by Crippen LogP contribution is -2.42. The van der Waals surface area contributed by atoms with Crippen LogP contribution < -0.4 is 41.7 Å². The van der Waals surface area contributed by atoms with E-state index < -0.39 is 39.3 Å². The standard InChI is InChI=1S/C19H22BrN5O3S.C18H20BrN5O3S.2C18H22BrN5O3S/c1-29(27,28)15-7-5-13(6-8-15)22-18-10-17(23-19-16(20)11-21-25(18)19)24-9-3-2-4-14(24)12-26;1-28(26,27)14-6-4-12(5-7-14)21-17-9-16(23-8-2-3-13(23)11-25)22-18-15(19)10-20-24(17)18;2*1-11(2)15(10-25)22-16-8-17(24-18(23-16)14(19)9-20-24)21-12-4-6-13(7-5-12)28(3,26)27/h5-8,10-11,14,22,26H,2-4,9,12H2,1H3;4-7,9-10,13,21,25H,2-3,8,11H2,1H3;2*4-9,11,15,21,25H,10H2,1-3H3,(H,22,23)/t;13-;2*15-/m.110/s1. The van der Waals surface area contributed by atoms with Crippen LogP contribution in [0.2, 0.25) is 0 Å². The van der Waals surface area contributed by atoms with Crippen LogP contribution in [0.4, 0.5) is 69.3 Å². The predicted molar refractivity (Wildman–Crippen MR) is 452 cm³/mol. The summed E-state index contributed by atoms with van der Waals surface area (Å²) in [5, 5.41) is 75.6. The smallest absolute Gasteiger partial charge is 0.175 e. The van der Waals surface area contributed by atoms with Gasteiger partial charge >= 0.3 is 0 Å². The fraction of sp³-hybridized carbons (Fsp3) is 0.342. The number of hydrogen-bond donors (Lipinski definition) is 10. The maximum Gasteiger partial charge on any atom is 0.175 e. The van der Waals surface area contributed by atoms with Crippen molar-refractivity contribution in [1.82, 2.24) is 58.4 Å². The third kappa shape index (κ3) is 21.1. The average Bonchev–Trinajstić information content (AvgIpc) is 1.75. The van der Waals surface area contributed by atoms with E-state index in [1.165, 1.54) is 25.0 Å². The highest BCUT2D eigenvalue weighted by atomic mass is 79.9. The van der Waals surface area contributed by atoms with Crippen LogP contribution >= 0.6 is 63.7 Å². The average molecular weight is 1880 g/mol. The number of hydrogen-bond acceptors (Lipinski definition) is 28. The molecule has 4 aromatic carbocycles. The van der Waals surface area contributed by atoms with Crippen molar-refractivity contribution in [2.75, 3.05) is 106 Å². The van der Waals surface area contributed by atoms with Gasteiger partial charge in [-0.1, -0.05) is 27.7 Å². The molecule has 2 aliphatic heterocycles. The predicted octanol–water partition coefficient (Wildman–Crippen LogP) is 11.7. The Hall–Kier alpha value is -8.68. The van der Waals surface area contributed by atoms with E-state index in [1.54, 1.807) is 152 Å². The summed E-state index contributed by atoms with van der Waals surface area (Å²) in [5.74, 6) is 5.84. The molecule has 0 aliphatic carbocycles. The molecule has 10 heterocycles. The number of anilines is 12. The van der Waals surface area contributed by atoms with Crippen LogP contribution in [0.3, 0.4) is 0 Å². The summed E-state index contributed by atoms with van der Waals surface area (Å²) in [4.78, 5) is 23.9. The van der Waals surface area contributed by atoms with Crippen LogP contribution in [-0.2, 0) is 39.3 Å². The SMILES string of the molecule is CC(C)[C@@H](CO)Nc1cc(Nc2ccc(S(C)(=O)=O)cc2)n2ncc(Br)c2n1.CC(C)[C@H](CO)Nc1cc(Nc2ccc(S(C)(=O)=O)cc2)n2ncc(Br)c2n1.CS(=O)(=O)c1ccc(Nc2cc(N3CCCCC3CO)nc3c(Br)cnn23)cc1.CS(=O)(=O)c1ccc(Nc2cc(N3CCC[C@@H]3CO)nc3c(Br)cnn23)cc1. The molecule has 14 rings (SSSR count). The Labute approximate surface area is 687 Å². The van der Waals surface area contributed by atoms with Crippen LogP contribution in [0.25, 0.3) is 22.6 Å². The molecule has 40 heteroatoms. The van der Waals surface area contributed by atoms with Crippen molar-refractivity contribution in [2.24, 2.45) is 11.8 Å². The van der Waals surface area contributed by atoms with Gasteiger partial charge in [-0.3, -0.25) is 0 Å². The highest BCUT2D eigenvalue weighted by Crippen LogP contribution is 2.35. The highest BCUT2D eigenvalue weighted by molar-refractivity contribution is 9.11. The van der Waals surface area contributed by atoms with E-state index in [0.29, 0.717) is 68.9 Å². The van der Waals surface area contributed by atoms with Crippen molar-refractivity contribution in [3.05, 3.63) is 164 Å². The van der Waals surface area contributed by atoms with Crippen LogP contribution in [-0.4, -0.2) is 201 Å². The first-order valence-electron chi connectivity index (χ1n) is 35.6. The maximum atomic E-state index is 11.7. The van der Waals surface area contributed by atoms with Gasteiger partial charge in [-0.05, 0) is 205 Å². The molecule has 602 valence electrons. The lowest BCUT2D eigenvalue weighted by atomic mass is 10.0. The van der Waals surface area contributed by atoms with Crippen molar-refractivity contribution < 1.29 is 54.1 Å². The summed E-state index contributed by atoms with van der Waals surface area (Å²) in [6.07, 6.45) is 16.4. The van der Waals surface area contributed by atoms with Gasteiger partial charge in [0.15, 0.2) is 61.9 Å². The van der Waals surface area contributed by atoms with E-state index in [4.69, 9.17) is 9.97 Å². The van der Waals surface area contributed by atoms with E-state index in [-0.39, 0.29) is 82.0 Å². The van der Waals surface area contributed by atoms with Crippen LogP contribution in [0.5, 0.6) is 0 Å². The van der Waals surface area contributed by atoms with Crippen molar-refractivity contribution in [3.8, 4) is 0 Å². The Morgan fingerprint density at radius 2 is 0.655 bits per heavy atom. The van der Waals surface area contributed by atoms with Gasteiger partial charge in [0.1, 0.15) is 46.5 Å². The minimum Gasteiger partial charge on any atom is -0.394 e. The Morgan fingerprint density at radius 3 is 0.920 bits per heavy atom. The molecule has 32 nitrogen and oxygen atoms in total. The number of nitrogens with zero attached hydrogens (tertiary/aromatic N) is 14. The minimum absolute atomic E-state index is 0.0132. The highest BCUT2D eigenvalue weighted by Gasteiger charge is 2.29. The number of fused-ring (bicyclic) bond motifs is 4. The first-order chi connectivity index (χ1) is 53.6. The summed E-state index contributed by atoms with van der Waals surface area (Å²) in [6, 6.07) is 33.3. The van der Waals surface area contributed by atoms with Gasteiger partial charge in [0.25, 0.3) is 0 Å². The molecule has 0 saturated carbocycles. The molecule has 2 fully saturated rings. The number of aliphatic hydroxyl groups excluding tert-OH is 4. The molecule has 0 spiro atoms. The van der Waals surface area contributed by atoms with E-state index >= 15 is 0 Å². The summed E-state index contributed by atoms with van der Waals surface area (Å²) in [6.45, 7) is 9.89. The molecule has 0 radical (unpaired) electrons. The monoisotopic (exact) mass is 1880 g/mol. The fourth-order valence-electron chi connectivity index (χ4n) is 12.3. The molecule has 0 amide bonds. The zero-order valence-corrected chi connectivity index (χ0v) is 72.2. The van der Waals surface area contributed by atoms with Crippen LogP contribution in [0.15, 0.2) is 184 Å². The molecule has 12 aromatic rings. The van der Waals surface area contributed by atoms with E-state index in [1.807, 2.05) is 39.8 Å². The van der Waals surface area contributed by atoms with Crippen molar-refractivity contribution in [1.29, 1.82) is 0 Å². The lowest BCUT2D eigenvalue weighted by molar-refractivity contribution is 0.239. The number of nitrogens with one attached hydrogen (secondary N) is 6. The van der Waals surface area contributed by atoms with Crippen molar-refractivity contribution in [2.45, 2.75) is 104 Å². The fourth-order valence-corrected chi connectivity index (χ4v) is 16.2. The zero-order chi connectivity index (χ0) is 81.4. The van der Waals surface area contributed by atoms with Gasteiger partial charge in [0.2, 0.25) is 0 Å². The van der Waals surface area contributed by atoms with E-state index in [0.717, 1.165) is 86.1 Å². The number of halogens is 4. The maximum absolute atomic E-state index is 11.7. The molecule has 2 aliphatic rings. The molecule has 10 N–H and O–H groups in total. The molecule has 2 saturated heterocycles. The quantitative estimate of drug-likeness (QED) is 0.0269. The molecule has 1 unspecified atom stereocenters. The van der Waals surface area contributed by atoms with E-state index in [2.05, 4.69) is 136 Å². The number of aliphatic hydroxyl groups is 4. The Balaban J connectivity index is 0.000000149. The molecule has 0 bridgehead atoms. The Kier molecular flexibility index (Phi) is 27.5. The topological polar surface area (TPSA) is 417 Å². The second-order valence-corrected chi connectivity index (χ2v) is 39.2. The first kappa shape index (κ1) is 85.2. The number of benzene rings is 4. The third-order valence-corrected chi connectivity index (χ3v) is 25.3. The van der Waals surface area contributed by atoms with Gasteiger partial charge < -0.3 is 62.1 Å². The normalized spacial score (nSPS) is 15.3. The third-order valence-electron chi connectivity index (χ3n) is 18.6.